The van der Waals surface area contributed by atoms with Crippen molar-refractivity contribution in [1.82, 2.24) is 4.98 Å². The third kappa shape index (κ3) is 3.30. The molecule has 0 bridgehead atoms. The molecule has 0 saturated carbocycles. The number of aromatic nitrogens is 1. The van der Waals surface area contributed by atoms with Crippen molar-refractivity contribution in [2.45, 2.75) is 26.4 Å². The minimum atomic E-state index is 0.443. The van der Waals surface area contributed by atoms with Gasteiger partial charge in [-0.15, -0.1) is 11.3 Å². The Morgan fingerprint density at radius 1 is 1.41 bits per heavy atom. The van der Waals surface area contributed by atoms with Crippen LogP contribution in [0.3, 0.4) is 0 Å². The van der Waals surface area contributed by atoms with E-state index in [-0.39, 0.29) is 0 Å². The van der Waals surface area contributed by atoms with Gasteiger partial charge in [0, 0.05) is 16.0 Å². The first-order valence-corrected chi connectivity index (χ1v) is 7.14. The van der Waals surface area contributed by atoms with E-state index in [2.05, 4.69) is 40.8 Å². The molecule has 0 fully saturated rings. The van der Waals surface area contributed by atoms with Crippen molar-refractivity contribution in [2.24, 2.45) is 0 Å². The molecule has 0 aliphatic carbocycles. The Bertz CT molecular complexity index is 482. The smallest absolute Gasteiger partial charge is 0.140 e. The molecule has 2 nitrogen and oxygen atoms in total. The number of nitrogens with zero attached hydrogens (tertiary/aromatic N) is 1. The zero-order chi connectivity index (χ0) is 12.3. The van der Waals surface area contributed by atoms with Crippen molar-refractivity contribution in [2.75, 3.05) is 0 Å². The van der Waals surface area contributed by atoms with E-state index in [1.807, 2.05) is 17.5 Å². The van der Waals surface area contributed by atoms with E-state index in [1.54, 1.807) is 17.5 Å². The highest BCUT2D eigenvalue weighted by Gasteiger charge is 2.09. The number of benzene rings is 1. The topological polar surface area (TPSA) is 22.1 Å². The second-order valence-electron chi connectivity index (χ2n) is 4.05. The van der Waals surface area contributed by atoms with Gasteiger partial charge in [-0.1, -0.05) is 29.8 Å². The van der Waals surface area contributed by atoms with Crippen LogP contribution in [0, 0.1) is 0 Å². The Labute approximate surface area is 114 Å². The van der Waals surface area contributed by atoms with Crippen molar-refractivity contribution in [3.8, 4) is 5.75 Å². The molecule has 90 valence electrons. The molecule has 4 heteroatoms. The van der Waals surface area contributed by atoms with Crippen LogP contribution >= 0.6 is 27.3 Å². The Morgan fingerprint density at radius 2 is 2.24 bits per heavy atom. The minimum Gasteiger partial charge on any atom is -0.486 e. The van der Waals surface area contributed by atoms with Crippen LogP contribution in [-0.4, -0.2) is 4.98 Å². The van der Waals surface area contributed by atoms with Gasteiger partial charge in [-0.3, -0.25) is 0 Å². The number of hydrogen-bond donors (Lipinski definition) is 0. The van der Waals surface area contributed by atoms with Gasteiger partial charge >= 0.3 is 0 Å². The first kappa shape index (κ1) is 12.6. The molecule has 0 saturated heterocycles. The molecule has 2 rings (SSSR count). The van der Waals surface area contributed by atoms with Crippen LogP contribution in [0.15, 0.2) is 34.2 Å². The fourth-order valence-corrected chi connectivity index (χ4v) is 2.47. The monoisotopic (exact) mass is 311 g/mol. The normalized spacial score (nSPS) is 10.8. The molecular weight excluding hydrogens is 298 g/mol. The van der Waals surface area contributed by atoms with Crippen LogP contribution in [0.2, 0.25) is 0 Å². The second kappa shape index (κ2) is 5.65. The van der Waals surface area contributed by atoms with Gasteiger partial charge in [0.2, 0.25) is 0 Å². The predicted molar refractivity (Wildman–Crippen MR) is 74.7 cm³/mol. The van der Waals surface area contributed by atoms with Crippen molar-refractivity contribution < 1.29 is 4.74 Å². The molecule has 0 unspecified atom stereocenters. The molecule has 1 aromatic carbocycles. The number of ether oxygens (including phenoxy) is 1. The Hall–Kier alpha value is -0.870. The number of hydrogen-bond acceptors (Lipinski definition) is 3. The lowest BCUT2D eigenvalue weighted by molar-refractivity contribution is 0.301. The van der Waals surface area contributed by atoms with E-state index in [0.29, 0.717) is 12.5 Å². The molecule has 0 radical (unpaired) electrons. The number of rotatable bonds is 4. The van der Waals surface area contributed by atoms with Gasteiger partial charge in [0.05, 0.1) is 0 Å². The summed E-state index contributed by atoms with van der Waals surface area (Å²) in [6, 6.07) is 6.12. The van der Waals surface area contributed by atoms with Crippen molar-refractivity contribution in [3.63, 3.8) is 0 Å². The molecule has 0 spiro atoms. The SMILES string of the molecule is CC(C)c1cc(Br)ccc1OCc1nccs1. The van der Waals surface area contributed by atoms with Crippen LogP contribution in [0.25, 0.3) is 0 Å². The maximum Gasteiger partial charge on any atom is 0.140 e. The van der Waals surface area contributed by atoms with Gasteiger partial charge in [0.1, 0.15) is 17.4 Å². The van der Waals surface area contributed by atoms with Crippen molar-refractivity contribution in [3.05, 3.63) is 44.8 Å². The van der Waals surface area contributed by atoms with Gasteiger partial charge < -0.3 is 4.74 Å². The van der Waals surface area contributed by atoms with E-state index in [0.717, 1.165) is 15.2 Å². The lowest BCUT2D eigenvalue weighted by Crippen LogP contribution is -1.99. The summed E-state index contributed by atoms with van der Waals surface area (Å²) in [5, 5.41) is 2.96. The summed E-state index contributed by atoms with van der Waals surface area (Å²) in [7, 11) is 0. The molecule has 1 heterocycles. The summed E-state index contributed by atoms with van der Waals surface area (Å²) < 4.78 is 6.91. The lowest BCUT2D eigenvalue weighted by Gasteiger charge is -2.13. The molecule has 1 aromatic heterocycles. The molecule has 2 aromatic rings. The van der Waals surface area contributed by atoms with Crippen LogP contribution < -0.4 is 4.74 Å². The average molecular weight is 312 g/mol. The van der Waals surface area contributed by atoms with E-state index in [4.69, 9.17) is 4.74 Å². The number of halogens is 1. The Kier molecular flexibility index (Phi) is 4.18. The zero-order valence-electron chi connectivity index (χ0n) is 9.81. The van der Waals surface area contributed by atoms with Crippen LogP contribution in [-0.2, 0) is 6.61 Å². The molecule has 0 atom stereocenters. The van der Waals surface area contributed by atoms with Crippen LogP contribution in [0.4, 0.5) is 0 Å². The fourth-order valence-electron chi connectivity index (χ4n) is 1.57. The Morgan fingerprint density at radius 3 is 2.88 bits per heavy atom. The first-order chi connectivity index (χ1) is 8.16. The van der Waals surface area contributed by atoms with E-state index >= 15 is 0 Å². The second-order valence-corrected chi connectivity index (χ2v) is 5.95. The maximum absolute atomic E-state index is 5.82. The lowest BCUT2D eigenvalue weighted by atomic mass is 10.0. The quantitative estimate of drug-likeness (QED) is 0.822. The fraction of sp³-hybridized carbons (Fsp3) is 0.308. The van der Waals surface area contributed by atoms with Crippen LogP contribution in [0.1, 0.15) is 30.3 Å². The maximum atomic E-state index is 5.82. The molecule has 0 N–H and O–H groups in total. The Balaban J connectivity index is 2.14. The highest BCUT2D eigenvalue weighted by Crippen LogP contribution is 2.30. The van der Waals surface area contributed by atoms with Crippen molar-refractivity contribution >= 4 is 27.3 Å². The summed E-state index contributed by atoms with van der Waals surface area (Å²) in [4.78, 5) is 4.21. The largest absolute Gasteiger partial charge is 0.486 e. The third-order valence-corrected chi connectivity index (χ3v) is 3.67. The van der Waals surface area contributed by atoms with Crippen molar-refractivity contribution in [1.29, 1.82) is 0 Å². The minimum absolute atomic E-state index is 0.443. The van der Waals surface area contributed by atoms with Gasteiger partial charge in [-0.2, -0.15) is 0 Å². The molecule has 0 aliphatic rings. The highest BCUT2D eigenvalue weighted by atomic mass is 79.9. The molecule has 17 heavy (non-hydrogen) atoms. The van der Waals surface area contributed by atoms with E-state index in [1.165, 1.54) is 5.56 Å². The van der Waals surface area contributed by atoms with Crippen LogP contribution in [0.5, 0.6) is 5.75 Å². The molecule has 0 amide bonds. The van der Waals surface area contributed by atoms with Gasteiger partial charge in [-0.05, 0) is 29.7 Å². The third-order valence-electron chi connectivity index (χ3n) is 2.43. The summed E-state index contributed by atoms with van der Waals surface area (Å²) in [5.41, 5.74) is 1.22. The van der Waals surface area contributed by atoms with E-state index in [9.17, 15) is 0 Å². The summed E-state index contributed by atoms with van der Waals surface area (Å²) in [6.07, 6.45) is 1.80. The molecule has 0 aliphatic heterocycles. The first-order valence-electron chi connectivity index (χ1n) is 5.47. The zero-order valence-corrected chi connectivity index (χ0v) is 12.2. The average Bonchev–Trinajstić information content (AvgIpc) is 2.80. The number of thiazole rings is 1. The van der Waals surface area contributed by atoms with Gasteiger partial charge in [0.15, 0.2) is 0 Å². The van der Waals surface area contributed by atoms with E-state index < -0.39 is 0 Å². The summed E-state index contributed by atoms with van der Waals surface area (Å²) >= 11 is 5.10. The standard InChI is InChI=1S/C13H14BrNOS/c1-9(2)11-7-10(14)3-4-12(11)16-8-13-15-5-6-17-13/h3-7,9H,8H2,1-2H3. The highest BCUT2D eigenvalue weighted by molar-refractivity contribution is 9.10. The van der Waals surface area contributed by atoms with Gasteiger partial charge in [0.25, 0.3) is 0 Å². The summed E-state index contributed by atoms with van der Waals surface area (Å²) in [6.45, 7) is 4.87. The summed E-state index contributed by atoms with van der Waals surface area (Å²) in [5.74, 6) is 1.39. The molecular formula is C13H14BrNOS. The predicted octanol–water partition coefficient (Wildman–Crippen LogP) is 4.61. The van der Waals surface area contributed by atoms with Gasteiger partial charge in [-0.25, -0.2) is 4.98 Å².